The Bertz CT molecular complexity index is 1190. The summed E-state index contributed by atoms with van der Waals surface area (Å²) in [7, 11) is 0. The van der Waals surface area contributed by atoms with Crippen molar-refractivity contribution in [1.82, 2.24) is 14.8 Å². The first kappa shape index (κ1) is 14.3. The minimum absolute atomic E-state index is 0.00987. The minimum Gasteiger partial charge on any atom is -0.465 e. The highest BCUT2D eigenvalue weighted by atomic mass is 32.1. The van der Waals surface area contributed by atoms with Gasteiger partial charge in [0.25, 0.3) is 5.56 Å². The number of fused-ring (bicyclic) bond motifs is 1. The van der Waals surface area contributed by atoms with Crippen LogP contribution >= 0.6 is 11.3 Å². The van der Waals surface area contributed by atoms with Crippen LogP contribution in [0.5, 0.6) is 0 Å². The largest absolute Gasteiger partial charge is 0.465 e. The molecule has 4 rings (SSSR count). The van der Waals surface area contributed by atoms with Gasteiger partial charge in [0.05, 0.1) is 11.5 Å². The fourth-order valence-electron chi connectivity index (χ4n) is 2.28. The van der Waals surface area contributed by atoms with Crippen molar-refractivity contribution in [3.05, 3.63) is 74.2 Å². The summed E-state index contributed by atoms with van der Waals surface area (Å²) in [6.45, 7) is 0. The fraction of sp³-hybridized carbons (Fsp3) is 0. The van der Waals surface area contributed by atoms with E-state index in [2.05, 4.69) is 10.1 Å². The number of carbonyl (C=O) groups is 1. The highest BCUT2D eigenvalue weighted by Gasteiger charge is 2.12. The van der Waals surface area contributed by atoms with E-state index in [1.807, 2.05) is 0 Å². The highest BCUT2D eigenvalue weighted by molar-refractivity contribution is 7.11. The molecule has 1 aliphatic carbocycles. The van der Waals surface area contributed by atoms with Gasteiger partial charge < -0.3 is 4.42 Å². The molecule has 0 bridgehead atoms. The average Bonchev–Trinajstić information content (AvgIpc) is 3.21. The fourth-order valence-corrected chi connectivity index (χ4v) is 3.21. The van der Waals surface area contributed by atoms with Crippen molar-refractivity contribution >= 4 is 28.8 Å². The zero-order chi connectivity index (χ0) is 16.7. The second kappa shape index (κ2) is 5.43. The van der Waals surface area contributed by atoms with E-state index in [0.717, 1.165) is 5.57 Å². The Hall–Kier alpha value is -3.26. The van der Waals surface area contributed by atoms with Crippen LogP contribution in [0.3, 0.4) is 0 Å². The minimum atomic E-state index is -0.492. The van der Waals surface area contributed by atoms with Crippen LogP contribution in [-0.2, 0) is 4.79 Å². The van der Waals surface area contributed by atoms with Crippen molar-refractivity contribution in [2.24, 2.45) is 0 Å². The molecular formula is C16H10N4O3S. The lowest BCUT2D eigenvalue weighted by molar-refractivity contribution is -0.110. The first-order valence-electron chi connectivity index (χ1n) is 6.98. The number of carbonyl (C=O) groups excluding carboxylic acids is 1. The third kappa shape index (κ3) is 2.38. The molecule has 0 radical (unpaired) electrons. The molecule has 0 saturated carbocycles. The molecule has 0 fully saturated rings. The van der Waals surface area contributed by atoms with Gasteiger partial charge in [-0.15, -0.1) is 0 Å². The Morgan fingerprint density at radius 2 is 2.04 bits per heavy atom. The van der Waals surface area contributed by atoms with Crippen molar-refractivity contribution < 1.29 is 9.21 Å². The van der Waals surface area contributed by atoms with Gasteiger partial charge in [-0.25, -0.2) is 4.68 Å². The lowest BCUT2D eigenvalue weighted by Crippen LogP contribution is -2.47. The van der Waals surface area contributed by atoms with Gasteiger partial charge in [0, 0.05) is 5.57 Å². The molecule has 8 heteroatoms. The van der Waals surface area contributed by atoms with Crippen molar-refractivity contribution in [2.75, 3.05) is 0 Å². The summed E-state index contributed by atoms with van der Waals surface area (Å²) < 4.78 is 7.32. The van der Waals surface area contributed by atoms with E-state index in [1.165, 1.54) is 40.5 Å². The first-order chi connectivity index (χ1) is 11.6. The van der Waals surface area contributed by atoms with Crippen molar-refractivity contribution in [3.8, 4) is 5.13 Å². The molecule has 24 heavy (non-hydrogen) atoms. The van der Waals surface area contributed by atoms with E-state index >= 15 is 0 Å². The van der Waals surface area contributed by atoms with Gasteiger partial charge in [-0.1, -0.05) is 11.3 Å². The van der Waals surface area contributed by atoms with Gasteiger partial charge in [0.15, 0.2) is 11.3 Å². The second-order valence-electron chi connectivity index (χ2n) is 5.02. The van der Waals surface area contributed by atoms with Crippen LogP contribution in [0.4, 0.5) is 0 Å². The molecule has 3 heterocycles. The maximum atomic E-state index is 12.2. The zero-order valence-electron chi connectivity index (χ0n) is 12.1. The molecule has 0 unspecified atom stereocenters. The Morgan fingerprint density at radius 3 is 2.75 bits per heavy atom. The zero-order valence-corrected chi connectivity index (χ0v) is 13.0. The SMILES string of the molecule is N=c1c(=Cc2ccco2)c(=O)nc2sc(=C3C=CC(=O)C=C3)[nH]n1-2. The van der Waals surface area contributed by atoms with Crippen LogP contribution in [0.15, 0.2) is 51.9 Å². The highest BCUT2D eigenvalue weighted by Crippen LogP contribution is 2.08. The summed E-state index contributed by atoms with van der Waals surface area (Å²) in [4.78, 5) is 27.4. The van der Waals surface area contributed by atoms with Crippen molar-refractivity contribution in [2.45, 2.75) is 0 Å². The molecule has 3 aliphatic rings. The molecule has 1 aromatic heterocycles. The molecule has 2 aliphatic heterocycles. The van der Waals surface area contributed by atoms with Gasteiger partial charge in [-0.3, -0.25) is 20.1 Å². The molecule has 0 atom stereocenters. The molecule has 2 N–H and O–H groups in total. The number of furan rings is 1. The molecule has 118 valence electrons. The van der Waals surface area contributed by atoms with E-state index in [4.69, 9.17) is 9.83 Å². The van der Waals surface area contributed by atoms with Crippen LogP contribution in [0.25, 0.3) is 16.8 Å². The van der Waals surface area contributed by atoms with E-state index in [1.54, 1.807) is 24.3 Å². The number of aromatic amines is 1. The monoisotopic (exact) mass is 338 g/mol. The lowest BCUT2D eigenvalue weighted by atomic mass is 10.1. The van der Waals surface area contributed by atoms with Gasteiger partial charge in [0.2, 0.25) is 5.13 Å². The maximum absolute atomic E-state index is 12.2. The van der Waals surface area contributed by atoms with E-state index in [0.29, 0.717) is 15.6 Å². The number of ketones is 1. The van der Waals surface area contributed by atoms with Gasteiger partial charge >= 0.3 is 0 Å². The lowest BCUT2D eigenvalue weighted by Gasteiger charge is -1.99. The summed E-state index contributed by atoms with van der Waals surface area (Å²) in [5.74, 6) is 0.396. The van der Waals surface area contributed by atoms with Gasteiger partial charge in [0.1, 0.15) is 10.4 Å². The molecule has 0 aromatic carbocycles. The normalized spacial score (nSPS) is 14.9. The Labute approximate surface area is 138 Å². The van der Waals surface area contributed by atoms with E-state index < -0.39 is 5.56 Å². The van der Waals surface area contributed by atoms with Crippen LogP contribution in [0.2, 0.25) is 0 Å². The predicted octanol–water partition coefficient (Wildman–Crippen LogP) is -0.193. The summed E-state index contributed by atoms with van der Waals surface area (Å²) in [5.41, 5.74) is 0.283. The quantitative estimate of drug-likeness (QED) is 0.641. The van der Waals surface area contributed by atoms with Gasteiger partial charge in [-0.05, 0) is 42.5 Å². The molecule has 0 saturated heterocycles. The molecule has 0 spiro atoms. The summed E-state index contributed by atoms with van der Waals surface area (Å²) in [6.07, 6.45) is 9.27. The predicted molar refractivity (Wildman–Crippen MR) is 87.3 cm³/mol. The molecule has 7 nitrogen and oxygen atoms in total. The molecular weight excluding hydrogens is 328 g/mol. The summed E-state index contributed by atoms with van der Waals surface area (Å²) >= 11 is 1.24. The smallest absolute Gasteiger partial charge is 0.283 e. The maximum Gasteiger partial charge on any atom is 0.283 e. The Kier molecular flexibility index (Phi) is 3.24. The topological polar surface area (TPSA) is 105 Å². The summed E-state index contributed by atoms with van der Waals surface area (Å²) in [5, 5.41) is 11.8. The third-order valence-electron chi connectivity index (χ3n) is 3.45. The summed E-state index contributed by atoms with van der Waals surface area (Å²) in [6, 6.07) is 3.40. The van der Waals surface area contributed by atoms with E-state index in [-0.39, 0.29) is 16.5 Å². The number of H-pyrrole nitrogens is 1. The Morgan fingerprint density at radius 1 is 1.25 bits per heavy atom. The van der Waals surface area contributed by atoms with Crippen LogP contribution < -0.4 is 20.9 Å². The second-order valence-corrected chi connectivity index (χ2v) is 6.00. The van der Waals surface area contributed by atoms with Crippen molar-refractivity contribution in [3.63, 3.8) is 0 Å². The number of rotatable bonds is 1. The van der Waals surface area contributed by atoms with Gasteiger partial charge in [-0.2, -0.15) is 4.98 Å². The number of hydrogen-bond donors (Lipinski definition) is 2. The first-order valence-corrected chi connectivity index (χ1v) is 7.79. The van der Waals surface area contributed by atoms with Crippen LogP contribution in [0, 0.1) is 5.41 Å². The van der Waals surface area contributed by atoms with E-state index in [9.17, 15) is 9.59 Å². The van der Waals surface area contributed by atoms with Crippen LogP contribution in [-0.4, -0.2) is 20.5 Å². The third-order valence-corrected chi connectivity index (χ3v) is 4.44. The number of nitrogens with one attached hydrogen (secondary N) is 2. The Balaban J connectivity index is 2.01. The number of allylic oxidation sites excluding steroid dienone is 4. The number of aromatic nitrogens is 3. The number of hydrogen-bond acceptors (Lipinski definition) is 6. The molecule has 1 aromatic rings. The number of nitrogens with zero attached hydrogens (tertiary/aromatic N) is 2. The van der Waals surface area contributed by atoms with Crippen LogP contribution in [0.1, 0.15) is 5.76 Å². The average molecular weight is 338 g/mol. The molecule has 0 amide bonds. The van der Waals surface area contributed by atoms with Crippen molar-refractivity contribution in [1.29, 1.82) is 5.41 Å². The standard InChI is InChI=1S/C16H10N4O3S/c17-13-12(8-11-2-1-7-23-11)14(22)18-16-20(13)19-15(24-16)9-3-5-10(21)6-4-9/h1-8,17,19H.